The molecule has 0 unspecified atom stereocenters. The van der Waals surface area contributed by atoms with E-state index in [2.05, 4.69) is 62.9 Å². The molecule has 124 valence electrons. The Kier molecular flexibility index (Phi) is 9.04. The summed E-state index contributed by atoms with van der Waals surface area (Å²) >= 11 is 0. The first-order valence-corrected chi connectivity index (χ1v) is 7.48. The minimum Gasteiger partial charge on any atom is -0.357 e. The third kappa shape index (κ3) is 6.85. The second kappa shape index (κ2) is 10.8. The first-order valence-electron chi connectivity index (χ1n) is 7.48. The highest BCUT2D eigenvalue weighted by atomic mass is 127. The molecular weight excluding hydrogens is 401 g/mol. The van der Waals surface area contributed by atoms with E-state index in [-0.39, 0.29) is 24.0 Å². The van der Waals surface area contributed by atoms with Crippen molar-refractivity contribution in [2.24, 2.45) is 4.99 Å². The zero-order chi connectivity index (χ0) is 15.6. The lowest BCUT2D eigenvalue weighted by Gasteiger charge is -2.09. The van der Waals surface area contributed by atoms with Crippen LogP contribution < -0.4 is 10.6 Å². The number of aliphatic imine (C=N–C) groups is 1. The number of hydrogen-bond donors (Lipinski definition) is 2. The molecule has 23 heavy (non-hydrogen) atoms. The SMILES string of the molecule is C=CCNC(=NCc1ccc(Cn2ccnc2)cc1)NCC.I. The average molecular weight is 425 g/mol. The zero-order valence-electron chi connectivity index (χ0n) is 13.4. The maximum absolute atomic E-state index is 4.56. The quantitative estimate of drug-likeness (QED) is 0.311. The van der Waals surface area contributed by atoms with Crippen molar-refractivity contribution in [3.8, 4) is 0 Å². The van der Waals surface area contributed by atoms with E-state index in [4.69, 9.17) is 0 Å². The van der Waals surface area contributed by atoms with Gasteiger partial charge in [-0.15, -0.1) is 30.6 Å². The number of halogens is 1. The van der Waals surface area contributed by atoms with Crippen LogP contribution in [0.5, 0.6) is 0 Å². The van der Waals surface area contributed by atoms with E-state index >= 15 is 0 Å². The van der Waals surface area contributed by atoms with E-state index in [0.717, 1.165) is 19.0 Å². The van der Waals surface area contributed by atoms with E-state index in [1.54, 1.807) is 6.20 Å². The highest BCUT2D eigenvalue weighted by molar-refractivity contribution is 14.0. The molecule has 0 fully saturated rings. The maximum atomic E-state index is 4.56. The molecule has 0 saturated heterocycles. The first kappa shape index (κ1) is 19.2. The van der Waals surface area contributed by atoms with Crippen LogP contribution in [0.2, 0.25) is 0 Å². The van der Waals surface area contributed by atoms with Gasteiger partial charge in [0.25, 0.3) is 0 Å². The Labute approximate surface area is 154 Å². The molecule has 2 aromatic rings. The Morgan fingerprint density at radius 2 is 2.00 bits per heavy atom. The van der Waals surface area contributed by atoms with E-state index in [0.29, 0.717) is 13.1 Å². The number of nitrogens with zero attached hydrogens (tertiary/aromatic N) is 3. The minimum atomic E-state index is 0. The van der Waals surface area contributed by atoms with Crippen LogP contribution in [0, 0.1) is 0 Å². The van der Waals surface area contributed by atoms with Gasteiger partial charge in [-0.2, -0.15) is 0 Å². The fourth-order valence-corrected chi connectivity index (χ4v) is 2.02. The number of imidazole rings is 1. The summed E-state index contributed by atoms with van der Waals surface area (Å²) in [5, 5.41) is 6.40. The number of nitrogens with one attached hydrogen (secondary N) is 2. The van der Waals surface area contributed by atoms with Crippen molar-refractivity contribution in [3.63, 3.8) is 0 Å². The smallest absolute Gasteiger partial charge is 0.191 e. The van der Waals surface area contributed by atoms with Gasteiger partial charge in [-0.05, 0) is 18.1 Å². The highest BCUT2D eigenvalue weighted by Gasteiger charge is 1.98. The van der Waals surface area contributed by atoms with Gasteiger partial charge in [0.05, 0.1) is 12.9 Å². The average Bonchev–Trinajstić information content (AvgIpc) is 3.04. The second-order valence-electron chi connectivity index (χ2n) is 4.92. The van der Waals surface area contributed by atoms with Crippen LogP contribution >= 0.6 is 24.0 Å². The Hall–Kier alpha value is -1.83. The van der Waals surface area contributed by atoms with Crippen molar-refractivity contribution in [1.82, 2.24) is 20.2 Å². The first-order chi connectivity index (χ1) is 10.8. The van der Waals surface area contributed by atoms with Crippen molar-refractivity contribution < 1.29 is 0 Å². The Morgan fingerprint density at radius 1 is 1.26 bits per heavy atom. The molecule has 0 aliphatic carbocycles. The van der Waals surface area contributed by atoms with Crippen LogP contribution in [-0.2, 0) is 13.1 Å². The van der Waals surface area contributed by atoms with Crippen LogP contribution in [0.15, 0.2) is 60.6 Å². The fourth-order valence-electron chi connectivity index (χ4n) is 2.02. The second-order valence-corrected chi connectivity index (χ2v) is 4.92. The normalized spacial score (nSPS) is 10.7. The number of benzene rings is 1. The predicted octanol–water partition coefficient (Wildman–Crippen LogP) is 2.79. The van der Waals surface area contributed by atoms with Crippen LogP contribution in [0.3, 0.4) is 0 Å². The van der Waals surface area contributed by atoms with Gasteiger partial charge in [0, 0.05) is 32.0 Å². The van der Waals surface area contributed by atoms with Gasteiger partial charge < -0.3 is 15.2 Å². The Bertz CT molecular complexity index is 590. The summed E-state index contributed by atoms with van der Waals surface area (Å²) in [4.78, 5) is 8.61. The fraction of sp³-hybridized carbons (Fsp3) is 0.294. The standard InChI is InChI=1S/C17H23N5.HI/c1-3-9-20-17(19-4-2)21-12-15-5-7-16(8-6-15)13-22-11-10-18-14-22;/h3,5-8,10-11,14H,1,4,9,12-13H2,2H3,(H2,19,20,21);1H. The van der Waals surface area contributed by atoms with Crippen molar-refractivity contribution in [1.29, 1.82) is 0 Å². The lowest BCUT2D eigenvalue weighted by atomic mass is 10.1. The van der Waals surface area contributed by atoms with Gasteiger partial charge >= 0.3 is 0 Å². The predicted molar refractivity (Wildman–Crippen MR) is 106 cm³/mol. The van der Waals surface area contributed by atoms with Crippen LogP contribution in [0.4, 0.5) is 0 Å². The van der Waals surface area contributed by atoms with Gasteiger partial charge in [-0.25, -0.2) is 9.98 Å². The molecule has 2 rings (SSSR count). The third-order valence-corrected chi connectivity index (χ3v) is 3.13. The minimum absolute atomic E-state index is 0. The monoisotopic (exact) mass is 425 g/mol. The van der Waals surface area contributed by atoms with E-state index < -0.39 is 0 Å². The van der Waals surface area contributed by atoms with Crippen molar-refractivity contribution in [2.75, 3.05) is 13.1 Å². The molecule has 0 atom stereocenters. The number of hydrogen-bond acceptors (Lipinski definition) is 2. The molecular formula is C17H24IN5. The van der Waals surface area contributed by atoms with Gasteiger partial charge in [0.15, 0.2) is 5.96 Å². The summed E-state index contributed by atoms with van der Waals surface area (Å²) < 4.78 is 2.05. The van der Waals surface area contributed by atoms with Gasteiger partial charge in [0.2, 0.25) is 0 Å². The Morgan fingerprint density at radius 3 is 2.61 bits per heavy atom. The summed E-state index contributed by atoms with van der Waals surface area (Å²) in [6, 6.07) is 8.50. The summed E-state index contributed by atoms with van der Waals surface area (Å²) in [5.41, 5.74) is 2.44. The molecule has 6 heteroatoms. The number of aromatic nitrogens is 2. The third-order valence-electron chi connectivity index (χ3n) is 3.13. The maximum Gasteiger partial charge on any atom is 0.191 e. The molecule has 0 aliphatic rings. The molecule has 2 N–H and O–H groups in total. The van der Waals surface area contributed by atoms with Crippen LogP contribution in [0.1, 0.15) is 18.1 Å². The van der Waals surface area contributed by atoms with Crippen molar-refractivity contribution in [3.05, 3.63) is 66.8 Å². The van der Waals surface area contributed by atoms with Gasteiger partial charge in [-0.1, -0.05) is 30.3 Å². The summed E-state index contributed by atoms with van der Waals surface area (Å²) in [6.45, 7) is 8.79. The van der Waals surface area contributed by atoms with Crippen molar-refractivity contribution >= 4 is 29.9 Å². The van der Waals surface area contributed by atoms with Crippen molar-refractivity contribution in [2.45, 2.75) is 20.0 Å². The molecule has 1 aromatic carbocycles. The summed E-state index contributed by atoms with van der Waals surface area (Å²) in [7, 11) is 0. The van der Waals surface area contributed by atoms with Gasteiger partial charge in [-0.3, -0.25) is 0 Å². The molecule has 0 spiro atoms. The molecule has 0 radical (unpaired) electrons. The van der Waals surface area contributed by atoms with Gasteiger partial charge in [0.1, 0.15) is 0 Å². The highest BCUT2D eigenvalue weighted by Crippen LogP contribution is 2.07. The summed E-state index contributed by atoms with van der Waals surface area (Å²) in [5.74, 6) is 0.810. The lowest BCUT2D eigenvalue weighted by Crippen LogP contribution is -2.37. The van der Waals surface area contributed by atoms with Crippen LogP contribution in [-0.4, -0.2) is 28.6 Å². The zero-order valence-corrected chi connectivity index (χ0v) is 15.7. The molecule has 0 bridgehead atoms. The Balaban J connectivity index is 0.00000264. The molecule has 0 aliphatic heterocycles. The van der Waals surface area contributed by atoms with E-state index in [1.165, 1.54) is 11.1 Å². The molecule has 5 nitrogen and oxygen atoms in total. The molecule has 0 saturated carbocycles. The van der Waals surface area contributed by atoms with E-state index in [1.807, 2.05) is 18.6 Å². The number of rotatable bonds is 7. The lowest BCUT2D eigenvalue weighted by molar-refractivity contribution is 0.796. The number of guanidine groups is 1. The molecule has 1 aromatic heterocycles. The molecule has 1 heterocycles. The van der Waals surface area contributed by atoms with Crippen LogP contribution in [0.25, 0.3) is 0 Å². The largest absolute Gasteiger partial charge is 0.357 e. The van der Waals surface area contributed by atoms with E-state index in [9.17, 15) is 0 Å². The summed E-state index contributed by atoms with van der Waals surface area (Å²) in [6.07, 6.45) is 7.40. The molecule has 0 amide bonds. The topological polar surface area (TPSA) is 54.2 Å².